The fourth-order valence-electron chi connectivity index (χ4n) is 3.24. The third-order valence-electron chi connectivity index (χ3n) is 4.26. The summed E-state index contributed by atoms with van der Waals surface area (Å²) in [6.45, 7) is 4.40. The van der Waals surface area contributed by atoms with Crippen LogP contribution < -0.4 is 5.32 Å². The fourth-order valence-corrected chi connectivity index (χ4v) is 3.45. The van der Waals surface area contributed by atoms with Crippen molar-refractivity contribution in [3.8, 4) is 0 Å². The summed E-state index contributed by atoms with van der Waals surface area (Å²) in [7, 11) is 0. The van der Waals surface area contributed by atoms with E-state index in [2.05, 4.69) is 23.3 Å². The lowest BCUT2D eigenvalue weighted by Crippen LogP contribution is -2.40. The number of aromatic nitrogens is 2. The molecule has 1 aliphatic heterocycles. The molecule has 1 aromatic heterocycles. The third-order valence-corrected chi connectivity index (χ3v) is 4.56. The quantitative estimate of drug-likeness (QED) is 0.899. The molecule has 1 aromatic carbocycles. The second kappa shape index (κ2) is 5.14. The van der Waals surface area contributed by atoms with E-state index in [4.69, 9.17) is 16.6 Å². The zero-order valence-electron chi connectivity index (χ0n) is 11.3. The van der Waals surface area contributed by atoms with E-state index in [0.717, 1.165) is 47.8 Å². The molecule has 0 atom stereocenters. The van der Waals surface area contributed by atoms with Crippen molar-refractivity contribution in [3.05, 3.63) is 29.0 Å². The van der Waals surface area contributed by atoms with Crippen LogP contribution in [0.4, 0.5) is 0 Å². The normalized spacial score (nSPS) is 18.8. The minimum Gasteiger partial charge on any atom is -0.341 e. The molecule has 102 valence electrons. The molecule has 0 bridgehead atoms. The van der Waals surface area contributed by atoms with Crippen molar-refractivity contribution < 1.29 is 0 Å². The summed E-state index contributed by atoms with van der Waals surface area (Å²) in [6.07, 6.45) is 4.67. The average molecular weight is 278 g/mol. The standard InChI is InChI=1S/C15H20ClN3/c1-2-6-15(7-9-17-10-8-15)14-18-12-5-3-4-11(16)13(12)19-14/h3-5,17H,2,6-10H2,1H3,(H,18,19). The molecule has 0 aliphatic carbocycles. The van der Waals surface area contributed by atoms with Gasteiger partial charge in [-0.1, -0.05) is 31.0 Å². The maximum Gasteiger partial charge on any atom is 0.113 e. The van der Waals surface area contributed by atoms with Crippen LogP contribution in [0.1, 0.15) is 38.4 Å². The average Bonchev–Trinajstić information content (AvgIpc) is 2.86. The van der Waals surface area contributed by atoms with Gasteiger partial charge in [-0.05, 0) is 44.5 Å². The summed E-state index contributed by atoms with van der Waals surface area (Å²) in [4.78, 5) is 8.32. The van der Waals surface area contributed by atoms with E-state index < -0.39 is 0 Å². The molecule has 0 saturated carbocycles. The lowest BCUT2D eigenvalue weighted by molar-refractivity contribution is 0.273. The Bertz CT molecular complexity index is 564. The van der Waals surface area contributed by atoms with Gasteiger partial charge in [0.15, 0.2) is 0 Å². The van der Waals surface area contributed by atoms with Crippen LogP contribution in [0.3, 0.4) is 0 Å². The van der Waals surface area contributed by atoms with Gasteiger partial charge in [0.2, 0.25) is 0 Å². The van der Waals surface area contributed by atoms with E-state index in [-0.39, 0.29) is 5.41 Å². The van der Waals surface area contributed by atoms with Crippen LogP contribution in [-0.4, -0.2) is 23.1 Å². The highest BCUT2D eigenvalue weighted by Gasteiger charge is 2.35. The zero-order chi connectivity index (χ0) is 13.3. The van der Waals surface area contributed by atoms with Gasteiger partial charge < -0.3 is 10.3 Å². The lowest BCUT2D eigenvalue weighted by Gasteiger charge is -2.35. The summed E-state index contributed by atoms with van der Waals surface area (Å²) < 4.78 is 0. The smallest absolute Gasteiger partial charge is 0.113 e. The lowest BCUT2D eigenvalue weighted by atomic mass is 9.75. The van der Waals surface area contributed by atoms with E-state index in [1.54, 1.807) is 0 Å². The first kappa shape index (κ1) is 12.9. The van der Waals surface area contributed by atoms with Gasteiger partial charge in [-0.2, -0.15) is 0 Å². The van der Waals surface area contributed by atoms with Crippen molar-refractivity contribution in [3.63, 3.8) is 0 Å². The van der Waals surface area contributed by atoms with E-state index >= 15 is 0 Å². The Kier molecular flexibility index (Phi) is 3.50. The molecule has 2 N–H and O–H groups in total. The van der Waals surface area contributed by atoms with Gasteiger partial charge in [0, 0.05) is 5.41 Å². The van der Waals surface area contributed by atoms with Crippen molar-refractivity contribution in [2.75, 3.05) is 13.1 Å². The number of benzene rings is 1. The minimum absolute atomic E-state index is 0.197. The van der Waals surface area contributed by atoms with Gasteiger partial charge in [-0.15, -0.1) is 0 Å². The van der Waals surface area contributed by atoms with E-state index in [1.807, 2.05) is 12.1 Å². The largest absolute Gasteiger partial charge is 0.341 e. The molecule has 1 saturated heterocycles. The molecule has 1 aliphatic rings. The van der Waals surface area contributed by atoms with Crippen molar-refractivity contribution in [1.82, 2.24) is 15.3 Å². The Labute approximate surface area is 118 Å². The van der Waals surface area contributed by atoms with Crippen LogP contribution in [0.25, 0.3) is 11.0 Å². The van der Waals surface area contributed by atoms with Gasteiger partial charge in [-0.25, -0.2) is 4.98 Å². The predicted molar refractivity (Wildman–Crippen MR) is 79.8 cm³/mol. The number of rotatable bonds is 3. The molecule has 0 unspecified atom stereocenters. The number of para-hydroxylation sites is 1. The van der Waals surface area contributed by atoms with Crippen molar-refractivity contribution >= 4 is 22.6 Å². The third kappa shape index (κ3) is 2.26. The second-order valence-corrected chi connectivity index (χ2v) is 5.91. The number of hydrogen-bond acceptors (Lipinski definition) is 2. The van der Waals surface area contributed by atoms with Gasteiger partial charge >= 0.3 is 0 Å². The first-order valence-corrected chi connectivity index (χ1v) is 7.48. The van der Waals surface area contributed by atoms with E-state index in [0.29, 0.717) is 0 Å². The highest BCUT2D eigenvalue weighted by atomic mass is 35.5. The Hall–Kier alpha value is -1.06. The molecule has 4 heteroatoms. The van der Waals surface area contributed by atoms with E-state index in [1.165, 1.54) is 12.8 Å². The SMILES string of the molecule is CCCC1(c2nc3c(Cl)cccc3[nH]2)CCNCC1. The molecule has 19 heavy (non-hydrogen) atoms. The maximum atomic E-state index is 6.24. The van der Waals surface area contributed by atoms with Crippen LogP contribution in [-0.2, 0) is 5.41 Å². The number of fused-ring (bicyclic) bond motifs is 1. The predicted octanol–water partition coefficient (Wildman–Crippen LogP) is 3.64. The summed E-state index contributed by atoms with van der Waals surface area (Å²) in [5.74, 6) is 1.12. The van der Waals surface area contributed by atoms with Gasteiger partial charge in [0.05, 0.1) is 10.5 Å². The molecule has 3 nitrogen and oxygen atoms in total. The Morgan fingerprint density at radius 3 is 2.79 bits per heavy atom. The summed E-state index contributed by atoms with van der Waals surface area (Å²) >= 11 is 6.24. The number of aromatic amines is 1. The Balaban J connectivity index is 2.07. The van der Waals surface area contributed by atoms with Gasteiger partial charge in [0.25, 0.3) is 0 Å². The minimum atomic E-state index is 0.197. The zero-order valence-corrected chi connectivity index (χ0v) is 12.1. The van der Waals surface area contributed by atoms with Crippen molar-refractivity contribution in [2.45, 2.75) is 38.0 Å². The number of H-pyrrole nitrogens is 1. The van der Waals surface area contributed by atoms with Crippen LogP contribution in [0, 0.1) is 0 Å². The highest BCUT2D eigenvalue weighted by Crippen LogP contribution is 2.37. The van der Waals surface area contributed by atoms with Gasteiger partial charge in [-0.3, -0.25) is 0 Å². The Morgan fingerprint density at radius 1 is 1.32 bits per heavy atom. The first-order chi connectivity index (χ1) is 9.25. The molecular weight excluding hydrogens is 258 g/mol. The summed E-state index contributed by atoms with van der Waals surface area (Å²) in [6, 6.07) is 5.93. The molecule has 3 rings (SSSR count). The molecule has 0 amide bonds. The first-order valence-electron chi connectivity index (χ1n) is 7.11. The fraction of sp³-hybridized carbons (Fsp3) is 0.533. The summed E-state index contributed by atoms with van der Waals surface area (Å²) in [5.41, 5.74) is 2.16. The number of hydrogen-bond donors (Lipinski definition) is 2. The molecule has 0 radical (unpaired) electrons. The number of nitrogens with one attached hydrogen (secondary N) is 2. The number of nitrogens with zero attached hydrogens (tertiary/aromatic N) is 1. The van der Waals surface area contributed by atoms with Crippen LogP contribution in [0.2, 0.25) is 5.02 Å². The molecule has 0 spiro atoms. The number of halogens is 1. The van der Waals surface area contributed by atoms with Crippen molar-refractivity contribution in [1.29, 1.82) is 0 Å². The molecule has 2 aromatic rings. The summed E-state index contributed by atoms with van der Waals surface area (Å²) in [5, 5.41) is 4.18. The Morgan fingerprint density at radius 2 is 2.11 bits per heavy atom. The van der Waals surface area contributed by atoms with Crippen molar-refractivity contribution in [2.24, 2.45) is 0 Å². The maximum absolute atomic E-state index is 6.24. The van der Waals surface area contributed by atoms with Crippen LogP contribution in [0.5, 0.6) is 0 Å². The molecular formula is C15H20ClN3. The second-order valence-electron chi connectivity index (χ2n) is 5.50. The molecule has 1 fully saturated rings. The van der Waals surface area contributed by atoms with Crippen LogP contribution in [0.15, 0.2) is 18.2 Å². The topological polar surface area (TPSA) is 40.7 Å². The molecule has 2 heterocycles. The number of piperidine rings is 1. The highest BCUT2D eigenvalue weighted by molar-refractivity contribution is 6.34. The number of imidazole rings is 1. The monoisotopic (exact) mass is 277 g/mol. The van der Waals surface area contributed by atoms with Gasteiger partial charge in [0.1, 0.15) is 11.3 Å². The van der Waals surface area contributed by atoms with Crippen LogP contribution >= 0.6 is 11.6 Å². The van der Waals surface area contributed by atoms with E-state index in [9.17, 15) is 0 Å².